The Morgan fingerprint density at radius 3 is 2.73 bits per heavy atom. The number of hydrogen-bond donors (Lipinski definition) is 2. The Bertz CT molecular complexity index is 649. The van der Waals surface area contributed by atoms with Crippen LogP contribution in [0, 0.1) is 6.92 Å². The van der Waals surface area contributed by atoms with Gasteiger partial charge in [-0.2, -0.15) is 4.98 Å². The molecule has 1 amide bonds. The molecule has 0 aliphatic rings. The van der Waals surface area contributed by atoms with Crippen molar-refractivity contribution in [1.82, 2.24) is 15.5 Å². The fraction of sp³-hybridized carbons (Fsp3) is 0.438. The van der Waals surface area contributed by atoms with E-state index in [0.717, 1.165) is 17.7 Å². The number of benzene rings is 1. The van der Waals surface area contributed by atoms with E-state index in [2.05, 4.69) is 20.8 Å². The molecule has 0 aliphatic heterocycles. The average molecular weight is 302 g/mol. The van der Waals surface area contributed by atoms with Crippen LogP contribution in [-0.4, -0.2) is 22.1 Å². The van der Waals surface area contributed by atoms with Crippen LogP contribution in [0.1, 0.15) is 48.4 Å². The molecule has 2 aromatic rings. The van der Waals surface area contributed by atoms with E-state index < -0.39 is 0 Å². The average Bonchev–Trinajstić information content (AvgIpc) is 2.93. The number of aryl methyl sites for hydroxylation is 2. The van der Waals surface area contributed by atoms with Crippen molar-refractivity contribution in [3.05, 3.63) is 41.0 Å². The second-order valence-corrected chi connectivity index (χ2v) is 5.47. The van der Waals surface area contributed by atoms with Crippen LogP contribution in [-0.2, 0) is 13.0 Å². The van der Waals surface area contributed by atoms with Gasteiger partial charge in [0.05, 0.1) is 6.54 Å². The minimum absolute atomic E-state index is 0.0610. The maximum atomic E-state index is 12.0. The molecule has 1 aromatic carbocycles. The lowest BCUT2D eigenvalue weighted by Gasteiger charge is -2.11. The zero-order valence-electron chi connectivity index (χ0n) is 13.4. The smallest absolute Gasteiger partial charge is 0.251 e. The van der Waals surface area contributed by atoms with E-state index in [1.807, 2.05) is 39.8 Å². The van der Waals surface area contributed by atoms with Crippen LogP contribution in [0.5, 0.6) is 0 Å². The van der Waals surface area contributed by atoms with Crippen LogP contribution in [0.25, 0.3) is 0 Å². The van der Waals surface area contributed by atoms with Crippen molar-refractivity contribution < 1.29 is 9.32 Å². The van der Waals surface area contributed by atoms with Crippen LogP contribution in [0.2, 0.25) is 0 Å². The summed E-state index contributed by atoms with van der Waals surface area (Å²) in [6, 6.07) is 5.68. The first-order valence-electron chi connectivity index (χ1n) is 7.46. The normalized spacial score (nSPS) is 10.8. The molecule has 1 aromatic heterocycles. The van der Waals surface area contributed by atoms with Crippen molar-refractivity contribution in [2.75, 3.05) is 5.32 Å². The third kappa shape index (κ3) is 4.07. The fourth-order valence-corrected chi connectivity index (χ4v) is 2.03. The third-order valence-corrected chi connectivity index (χ3v) is 3.16. The van der Waals surface area contributed by atoms with Gasteiger partial charge in [0, 0.05) is 23.7 Å². The second-order valence-electron chi connectivity index (χ2n) is 5.47. The topological polar surface area (TPSA) is 80.0 Å². The summed E-state index contributed by atoms with van der Waals surface area (Å²) in [5, 5.41) is 9.98. The first-order chi connectivity index (χ1) is 10.5. The predicted octanol–water partition coefficient (Wildman–Crippen LogP) is 2.69. The zero-order chi connectivity index (χ0) is 16.1. The largest absolute Gasteiger partial charge is 0.376 e. The summed E-state index contributed by atoms with van der Waals surface area (Å²) < 4.78 is 5.14. The Balaban J connectivity index is 2.01. The molecule has 1 heterocycles. The predicted molar refractivity (Wildman–Crippen MR) is 84.8 cm³/mol. The van der Waals surface area contributed by atoms with E-state index in [9.17, 15) is 4.79 Å². The molecule has 0 fully saturated rings. The highest BCUT2D eigenvalue weighted by atomic mass is 16.5. The molecule has 2 N–H and O–H groups in total. The number of rotatable bonds is 6. The summed E-state index contributed by atoms with van der Waals surface area (Å²) in [5.41, 5.74) is 2.59. The number of amides is 1. The summed E-state index contributed by atoms with van der Waals surface area (Å²) in [4.78, 5) is 16.2. The van der Waals surface area contributed by atoms with Crippen molar-refractivity contribution in [1.29, 1.82) is 0 Å². The summed E-state index contributed by atoms with van der Waals surface area (Å²) >= 11 is 0. The zero-order valence-corrected chi connectivity index (χ0v) is 13.4. The van der Waals surface area contributed by atoms with E-state index in [0.29, 0.717) is 23.8 Å². The van der Waals surface area contributed by atoms with E-state index in [4.69, 9.17) is 4.52 Å². The highest BCUT2D eigenvalue weighted by molar-refractivity contribution is 5.95. The molecule has 0 saturated heterocycles. The molecule has 6 nitrogen and oxygen atoms in total. The van der Waals surface area contributed by atoms with Crippen LogP contribution in [0.3, 0.4) is 0 Å². The Hall–Kier alpha value is -2.37. The van der Waals surface area contributed by atoms with Gasteiger partial charge in [0.1, 0.15) is 0 Å². The number of anilines is 1. The number of nitrogens with one attached hydrogen (secondary N) is 2. The number of hydrogen-bond acceptors (Lipinski definition) is 5. The maximum Gasteiger partial charge on any atom is 0.251 e. The molecule has 118 valence electrons. The first-order valence-corrected chi connectivity index (χ1v) is 7.46. The Morgan fingerprint density at radius 2 is 2.14 bits per heavy atom. The minimum atomic E-state index is -0.0610. The van der Waals surface area contributed by atoms with Crippen molar-refractivity contribution >= 4 is 11.6 Å². The summed E-state index contributed by atoms with van der Waals surface area (Å²) in [6.07, 6.45) is 0.752. The number of carbonyl (C=O) groups is 1. The van der Waals surface area contributed by atoms with Crippen LogP contribution in [0.4, 0.5) is 5.69 Å². The lowest BCUT2D eigenvalue weighted by atomic mass is 10.1. The van der Waals surface area contributed by atoms with Crippen molar-refractivity contribution in [3.8, 4) is 0 Å². The molecule has 22 heavy (non-hydrogen) atoms. The van der Waals surface area contributed by atoms with E-state index in [1.165, 1.54) is 0 Å². The van der Waals surface area contributed by atoms with Crippen molar-refractivity contribution in [2.24, 2.45) is 0 Å². The van der Waals surface area contributed by atoms with E-state index in [-0.39, 0.29) is 11.9 Å². The second kappa shape index (κ2) is 7.06. The first kappa shape index (κ1) is 16.0. The molecule has 6 heteroatoms. The van der Waals surface area contributed by atoms with Gasteiger partial charge in [-0.1, -0.05) is 12.1 Å². The van der Waals surface area contributed by atoms with Gasteiger partial charge in [-0.15, -0.1) is 0 Å². The SMILES string of the molecule is CCc1noc(CNc2ccc(C(=O)NC(C)C)cc2C)n1. The summed E-state index contributed by atoms with van der Waals surface area (Å²) in [5.74, 6) is 1.20. The van der Waals surface area contributed by atoms with Crippen LogP contribution < -0.4 is 10.6 Å². The van der Waals surface area contributed by atoms with Crippen molar-refractivity contribution in [2.45, 2.75) is 46.7 Å². The highest BCUT2D eigenvalue weighted by Crippen LogP contribution is 2.17. The molecule has 0 bridgehead atoms. The van der Waals surface area contributed by atoms with Gasteiger partial charge in [-0.25, -0.2) is 0 Å². The Morgan fingerprint density at radius 1 is 1.36 bits per heavy atom. The number of carbonyl (C=O) groups excluding carboxylic acids is 1. The molecule has 0 spiro atoms. The van der Waals surface area contributed by atoms with Gasteiger partial charge < -0.3 is 15.2 Å². The van der Waals surface area contributed by atoms with Crippen molar-refractivity contribution in [3.63, 3.8) is 0 Å². The van der Waals surface area contributed by atoms with Gasteiger partial charge in [0.15, 0.2) is 5.82 Å². The van der Waals surface area contributed by atoms with Gasteiger partial charge in [0.2, 0.25) is 5.89 Å². The van der Waals surface area contributed by atoms with Crippen LogP contribution in [0.15, 0.2) is 22.7 Å². The maximum absolute atomic E-state index is 12.0. The number of aromatic nitrogens is 2. The molecular formula is C16H22N4O2. The quantitative estimate of drug-likeness (QED) is 0.857. The molecule has 0 atom stereocenters. The lowest BCUT2D eigenvalue weighted by molar-refractivity contribution is 0.0943. The van der Waals surface area contributed by atoms with E-state index >= 15 is 0 Å². The minimum Gasteiger partial charge on any atom is -0.376 e. The summed E-state index contributed by atoms with van der Waals surface area (Å²) in [7, 11) is 0. The molecular weight excluding hydrogens is 280 g/mol. The van der Waals surface area contributed by atoms with Gasteiger partial charge in [0.25, 0.3) is 5.91 Å². The van der Waals surface area contributed by atoms with Gasteiger partial charge >= 0.3 is 0 Å². The van der Waals surface area contributed by atoms with Gasteiger partial charge in [-0.05, 0) is 44.5 Å². The van der Waals surface area contributed by atoms with E-state index in [1.54, 1.807) is 6.07 Å². The molecule has 2 rings (SSSR count). The van der Waals surface area contributed by atoms with Crippen LogP contribution >= 0.6 is 0 Å². The summed E-state index contributed by atoms with van der Waals surface area (Å²) in [6.45, 7) is 8.28. The Labute approximate surface area is 130 Å². The van der Waals surface area contributed by atoms with Gasteiger partial charge in [-0.3, -0.25) is 4.79 Å². The third-order valence-electron chi connectivity index (χ3n) is 3.16. The lowest BCUT2D eigenvalue weighted by Crippen LogP contribution is -2.30. The molecule has 0 saturated carbocycles. The molecule has 0 aliphatic carbocycles. The fourth-order valence-electron chi connectivity index (χ4n) is 2.03. The Kier molecular flexibility index (Phi) is 5.14. The standard InChI is InChI=1S/C16H22N4O2/c1-5-14-19-15(22-20-14)9-17-13-7-6-12(8-11(13)4)16(21)18-10(2)3/h6-8,10,17H,5,9H2,1-4H3,(H,18,21). The molecule has 0 radical (unpaired) electrons. The molecule has 0 unspecified atom stereocenters. The number of nitrogens with zero attached hydrogens (tertiary/aromatic N) is 2. The monoisotopic (exact) mass is 302 g/mol. The highest BCUT2D eigenvalue weighted by Gasteiger charge is 2.10.